The number of carbonyl (C=O) groups excluding carboxylic acids is 2. The van der Waals surface area contributed by atoms with Crippen LogP contribution in [0.1, 0.15) is 41.5 Å². The molecule has 1 heterocycles. The van der Waals surface area contributed by atoms with Crippen LogP contribution >= 0.6 is 0 Å². The number of para-hydroxylation sites is 1. The van der Waals surface area contributed by atoms with Gasteiger partial charge in [-0.25, -0.2) is 0 Å². The Morgan fingerprint density at radius 1 is 0.774 bits per heavy atom. The number of rotatable bonds is 3. The van der Waals surface area contributed by atoms with Crippen LogP contribution < -0.4 is 16.1 Å². The molecule has 3 rings (SSSR count). The van der Waals surface area contributed by atoms with Gasteiger partial charge in [-0.3, -0.25) is 14.4 Å². The molecule has 0 atom stereocenters. The molecule has 6 heteroatoms. The molecule has 162 valence electrons. The lowest BCUT2D eigenvalue weighted by Crippen LogP contribution is -2.28. The number of hydrogen-bond acceptors (Lipinski definition) is 4. The SMILES string of the molecule is CC(C)(C)C(=O)Nc1ccccc1-c1cc(=O)c2c(NC(=O)C(C)(C)C)cccc2o1. The summed E-state index contributed by atoms with van der Waals surface area (Å²) in [5, 5.41) is 6.04. The van der Waals surface area contributed by atoms with Crippen molar-refractivity contribution in [1.82, 2.24) is 0 Å². The second-order valence-corrected chi connectivity index (χ2v) is 9.61. The molecule has 0 bridgehead atoms. The zero-order valence-electron chi connectivity index (χ0n) is 18.8. The summed E-state index contributed by atoms with van der Waals surface area (Å²) in [5.74, 6) is -0.00409. The number of carbonyl (C=O) groups is 2. The van der Waals surface area contributed by atoms with E-state index in [1.165, 1.54) is 6.07 Å². The minimum atomic E-state index is -0.605. The van der Waals surface area contributed by atoms with Crippen molar-refractivity contribution in [2.24, 2.45) is 10.8 Å². The molecule has 2 N–H and O–H groups in total. The molecule has 3 aromatic rings. The lowest BCUT2D eigenvalue weighted by Gasteiger charge is -2.19. The van der Waals surface area contributed by atoms with Gasteiger partial charge in [0.05, 0.1) is 16.8 Å². The Labute approximate surface area is 181 Å². The van der Waals surface area contributed by atoms with Gasteiger partial charge in [-0.05, 0) is 24.3 Å². The Bertz CT molecular complexity index is 1210. The summed E-state index contributed by atoms with van der Waals surface area (Å²) in [6, 6.07) is 13.6. The predicted molar refractivity (Wildman–Crippen MR) is 124 cm³/mol. The number of hydrogen-bond donors (Lipinski definition) is 2. The zero-order valence-corrected chi connectivity index (χ0v) is 18.8. The molecule has 0 unspecified atom stereocenters. The molecule has 0 aliphatic carbocycles. The Balaban J connectivity index is 2.08. The van der Waals surface area contributed by atoms with Crippen LogP contribution in [0, 0.1) is 10.8 Å². The number of benzene rings is 2. The molecule has 0 fully saturated rings. The fraction of sp³-hybridized carbons (Fsp3) is 0.320. The van der Waals surface area contributed by atoms with Gasteiger partial charge in [-0.15, -0.1) is 0 Å². The van der Waals surface area contributed by atoms with Crippen molar-refractivity contribution in [1.29, 1.82) is 0 Å². The minimum Gasteiger partial charge on any atom is -0.456 e. The van der Waals surface area contributed by atoms with Crippen molar-refractivity contribution < 1.29 is 14.0 Å². The van der Waals surface area contributed by atoms with Gasteiger partial charge in [0, 0.05) is 22.5 Å². The van der Waals surface area contributed by atoms with Gasteiger partial charge in [-0.1, -0.05) is 59.7 Å². The molecule has 0 aliphatic heterocycles. The van der Waals surface area contributed by atoms with E-state index in [1.807, 2.05) is 26.8 Å². The lowest BCUT2D eigenvalue weighted by atomic mass is 9.95. The standard InChI is InChI=1S/C25H28N2O4/c1-24(2,3)22(29)26-16-11-8-7-10-15(16)20-14-18(28)21-17(12-9-13-19(21)31-20)27-23(30)25(4,5)6/h7-14H,1-6H3,(H,26,29)(H,27,30). The van der Waals surface area contributed by atoms with Gasteiger partial charge < -0.3 is 15.1 Å². The first-order valence-electron chi connectivity index (χ1n) is 10.2. The summed E-state index contributed by atoms with van der Waals surface area (Å²) in [4.78, 5) is 37.9. The van der Waals surface area contributed by atoms with Crippen LogP contribution in [0.15, 0.2) is 57.7 Å². The van der Waals surface area contributed by atoms with Crippen LogP contribution in [0.2, 0.25) is 0 Å². The van der Waals surface area contributed by atoms with E-state index >= 15 is 0 Å². The maximum Gasteiger partial charge on any atom is 0.229 e. The van der Waals surface area contributed by atoms with Crippen molar-refractivity contribution in [3.8, 4) is 11.3 Å². The van der Waals surface area contributed by atoms with Gasteiger partial charge in [0.15, 0.2) is 5.43 Å². The van der Waals surface area contributed by atoms with E-state index in [2.05, 4.69) is 10.6 Å². The average Bonchev–Trinajstić information content (AvgIpc) is 2.66. The lowest BCUT2D eigenvalue weighted by molar-refractivity contribution is -0.123. The Hall–Kier alpha value is -3.41. The first kappa shape index (κ1) is 22.3. The van der Waals surface area contributed by atoms with Gasteiger partial charge in [0.25, 0.3) is 0 Å². The highest BCUT2D eigenvalue weighted by atomic mass is 16.3. The topological polar surface area (TPSA) is 88.4 Å². The molecule has 2 aromatic carbocycles. The second kappa shape index (κ2) is 8.02. The fourth-order valence-electron chi connectivity index (χ4n) is 2.87. The molecule has 0 radical (unpaired) electrons. The van der Waals surface area contributed by atoms with Gasteiger partial charge >= 0.3 is 0 Å². The number of amides is 2. The first-order chi connectivity index (χ1) is 14.4. The molecular formula is C25H28N2O4. The molecule has 2 amide bonds. The first-order valence-corrected chi connectivity index (χ1v) is 10.2. The maximum absolute atomic E-state index is 13.0. The van der Waals surface area contributed by atoms with Crippen LogP contribution in [-0.2, 0) is 9.59 Å². The Morgan fingerprint density at radius 3 is 1.94 bits per heavy atom. The highest BCUT2D eigenvalue weighted by Gasteiger charge is 2.24. The van der Waals surface area contributed by atoms with Crippen LogP contribution in [-0.4, -0.2) is 11.8 Å². The molecule has 31 heavy (non-hydrogen) atoms. The summed E-state index contributed by atoms with van der Waals surface area (Å²) >= 11 is 0. The molecule has 1 aromatic heterocycles. The second-order valence-electron chi connectivity index (χ2n) is 9.61. The third kappa shape index (κ3) is 4.85. The summed E-state index contributed by atoms with van der Waals surface area (Å²) in [6.45, 7) is 10.9. The van der Waals surface area contributed by atoms with Crippen molar-refractivity contribution in [2.45, 2.75) is 41.5 Å². The molecule has 0 saturated heterocycles. The Morgan fingerprint density at radius 2 is 1.32 bits per heavy atom. The largest absolute Gasteiger partial charge is 0.456 e. The van der Waals surface area contributed by atoms with Crippen LogP contribution in [0.3, 0.4) is 0 Å². The van der Waals surface area contributed by atoms with Gasteiger partial charge in [0.1, 0.15) is 11.3 Å². The van der Waals surface area contributed by atoms with Crippen molar-refractivity contribution >= 4 is 34.2 Å². The van der Waals surface area contributed by atoms with Crippen molar-refractivity contribution in [3.05, 3.63) is 58.8 Å². The Kier molecular flexibility index (Phi) is 5.77. The molecule has 0 aliphatic rings. The monoisotopic (exact) mass is 420 g/mol. The van der Waals surface area contributed by atoms with E-state index in [4.69, 9.17) is 4.42 Å². The molecule has 6 nitrogen and oxygen atoms in total. The number of nitrogens with one attached hydrogen (secondary N) is 2. The van der Waals surface area contributed by atoms with E-state index in [1.54, 1.807) is 57.2 Å². The number of fused-ring (bicyclic) bond motifs is 1. The summed E-state index contributed by atoms with van der Waals surface area (Å²) in [6.07, 6.45) is 0. The normalized spacial score (nSPS) is 11.9. The third-order valence-electron chi connectivity index (χ3n) is 4.81. The smallest absolute Gasteiger partial charge is 0.229 e. The molecular weight excluding hydrogens is 392 g/mol. The predicted octanol–water partition coefficient (Wildman–Crippen LogP) is 5.43. The van der Waals surface area contributed by atoms with E-state index in [0.717, 1.165) is 0 Å². The fourth-order valence-corrected chi connectivity index (χ4v) is 2.87. The molecule has 0 saturated carbocycles. The van der Waals surface area contributed by atoms with Gasteiger partial charge in [0.2, 0.25) is 11.8 Å². The van der Waals surface area contributed by atoms with E-state index in [9.17, 15) is 14.4 Å². The van der Waals surface area contributed by atoms with Crippen LogP contribution in [0.5, 0.6) is 0 Å². The van der Waals surface area contributed by atoms with Crippen LogP contribution in [0.4, 0.5) is 11.4 Å². The van der Waals surface area contributed by atoms with E-state index in [-0.39, 0.29) is 17.2 Å². The third-order valence-corrected chi connectivity index (χ3v) is 4.81. The summed E-state index contributed by atoms with van der Waals surface area (Å²) in [7, 11) is 0. The highest BCUT2D eigenvalue weighted by molar-refractivity contribution is 6.03. The minimum absolute atomic E-state index is 0.143. The zero-order chi connectivity index (χ0) is 23.0. The average molecular weight is 421 g/mol. The van der Waals surface area contributed by atoms with E-state index in [0.29, 0.717) is 33.7 Å². The van der Waals surface area contributed by atoms with Crippen LogP contribution in [0.25, 0.3) is 22.3 Å². The summed E-state index contributed by atoms with van der Waals surface area (Å²) < 4.78 is 6.04. The quantitative estimate of drug-likeness (QED) is 0.591. The number of anilines is 2. The highest BCUT2D eigenvalue weighted by Crippen LogP contribution is 2.32. The molecule has 0 spiro atoms. The van der Waals surface area contributed by atoms with Gasteiger partial charge in [-0.2, -0.15) is 0 Å². The van der Waals surface area contributed by atoms with Crippen molar-refractivity contribution in [2.75, 3.05) is 10.6 Å². The van der Waals surface area contributed by atoms with E-state index < -0.39 is 10.8 Å². The summed E-state index contributed by atoms with van der Waals surface area (Å²) in [5.41, 5.74) is 0.464. The van der Waals surface area contributed by atoms with Crippen molar-refractivity contribution in [3.63, 3.8) is 0 Å². The maximum atomic E-state index is 13.0.